The second-order valence-corrected chi connectivity index (χ2v) is 5.03. The molecule has 0 bridgehead atoms. The van der Waals surface area contributed by atoms with Crippen LogP contribution in [0.5, 0.6) is 0 Å². The lowest BCUT2D eigenvalue weighted by atomic mass is 10.1. The topological polar surface area (TPSA) is 67.0 Å². The van der Waals surface area contributed by atoms with Crippen LogP contribution < -0.4 is 0 Å². The van der Waals surface area contributed by atoms with Gasteiger partial charge in [-0.2, -0.15) is 0 Å². The Kier molecular flexibility index (Phi) is 2.96. The minimum Gasteiger partial charge on any atom is -0.388 e. The summed E-state index contributed by atoms with van der Waals surface area (Å²) >= 11 is 11.9. The van der Waals surface area contributed by atoms with E-state index >= 15 is 0 Å². The Hall–Kier alpha value is -0.850. The fourth-order valence-electron chi connectivity index (χ4n) is 2.13. The summed E-state index contributed by atoms with van der Waals surface area (Å²) in [7, 11) is 0. The highest BCUT2D eigenvalue weighted by Gasteiger charge is 2.37. The number of rotatable bonds is 1. The highest BCUT2D eigenvalue weighted by atomic mass is 35.5. The Balaban J connectivity index is 2.16. The van der Waals surface area contributed by atoms with E-state index in [0.29, 0.717) is 21.5 Å². The van der Waals surface area contributed by atoms with Gasteiger partial charge in [-0.25, -0.2) is 4.98 Å². The number of nitrogens with zero attached hydrogens (tertiary/aromatic N) is 2. The van der Waals surface area contributed by atoms with E-state index in [1.165, 1.54) is 0 Å². The van der Waals surface area contributed by atoms with Crippen LogP contribution >= 0.6 is 23.2 Å². The summed E-state index contributed by atoms with van der Waals surface area (Å²) in [6.45, 7) is 0.0856. The zero-order valence-corrected chi connectivity index (χ0v) is 10.6. The van der Waals surface area contributed by atoms with Gasteiger partial charge in [0.25, 0.3) is 0 Å². The molecule has 0 radical (unpaired) electrons. The van der Waals surface area contributed by atoms with E-state index in [2.05, 4.69) is 4.98 Å². The molecule has 3 heterocycles. The van der Waals surface area contributed by atoms with Crippen LogP contribution in [-0.4, -0.2) is 38.4 Å². The van der Waals surface area contributed by atoms with Crippen molar-refractivity contribution in [2.75, 3.05) is 6.61 Å². The van der Waals surface area contributed by atoms with Gasteiger partial charge in [0, 0.05) is 17.3 Å². The molecule has 18 heavy (non-hydrogen) atoms. The number of hydrogen-bond donors (Lipinski definition) is 2. The predicted octanol–water partition coefficient (Wildman–Crippen LogP) is 1.43. The molecule has 1 aliphatic rings. The van der Waals surface area contributed by atoms with Crippen molar-refractivity contribution < 1.29 is 14.9 Å². The van der Waals surface area contributed by atoms with Crippen LogP contribution in [0.25, 0.3) is 5.65 Å². The average Bonchev–Trinajstić information content (AvgIpc) is 2.82. The first-order chi connectivity index (χ1) is 8.56. The molecule has 7 heteroatoms. The summed E-state index contributed by atoms with van der Waals surface area (Å²) in [5.74, 6) is 0. The molecule has 1 unspecified atom stereocenters. The first kappa shape index (κ1) is 12.2. The number of pyridine rings is 1. The van der Waals surface area contributed by atoms with Crippen molar-refractivity contribution >= 4 is 28.8 Å². The second kappa shape index (κ2) is 4.36. The molecule has 2 N–H and O–H groups in total. The predicted molar refractivity (Wildman–Crippen MR) is 65.9 cm³/mol. The SMILES string of the molecule is O[C@@H]1COC(c2cc(Cl)cc3nc(Cl)cn23)[C@@H]1O. The molecular formula is C11H10Cl2N2O3. The van der Waals surface area contributed by atoms with Crippen LogP contribution in [0.3, 0.4) is 0 Å². The Labute approximate surface area is 113 Å². The van der Waals surface area contributed by atoms with Gasteiger partial charge >= 0.3 is 0 Å². The number of aromatic nitrogens is 2. The zero-order valence-electron chi connectivity index (χ0n) is 9.12. The Morgan fingerprint density at radius 1 is 1.33 bits per heavy atom. The second-order valence-electron chi connectivity index (χ2n) is 4.20. The smallest absolute Gasteiger partial charge is 0.148 e. The van der Waals surface area contributed by atoms with Crippen LogP contribution in [0, 0.1) is 0 Å². The van der Waals surface area contributed by atoms with Crippen molar-refractivity contribution in [1.82, 2.24) is 9.38 Å². The number of ether oxygens (including phenoxy) is 1. The van der Waals surface area contributed by atoms with Crippen LogP contribution in [0.4, 0.5) is 0 Å². The third-order valence-electron chi connectivity index (χ3n) is 2.98. The quantitative estimate of drug-likeness (QED) is 0.833. The summed E-state index contributed by atoms with van der Waals surface area (Å²) in [5, 5.41) is 20.2. The maximum Gasteiger partial charge on any atom is 0.148 e. The first-order valence-electron chi connectivity index (χ1n) is 5.38. The molecule has 96 valence electrons. The molecule has 2 aromatic rings. The van der Waals surface area contributed by atoms with Gasteiger partial charge in [-0.15, -0.1) is 0 Å². The number of aliphatic hydroxyl groups excluding tert-OH is 2. The molecule has 0 aromatic carbocycles. The van der Waals surface area contributed by atoms with E-state index in [4.69, 9.17) is 27.9 Å². The van der Waals surface area contributed by atoms with Crippen molar-refractivity contribution in [1.29, 1.82) is 0 Å². The van der Waals surface area contributed by atoms with Crippen LogP contribution in [-0.2, 0) is 4.74 Å². The summed E-state index contributed by atoms with van der Waals surface area (Å²) in [5.41, 5.74) is 1.18. The summed E-state index contributed by atoms with van der Waals surface area (Å²) in [4.78, 5) is 4.09. The van der Waals surface area contributed by atoms with Crippen molar-refractivity contribution in [3.63, 3.8) is 0 Å². The van der Waals surface area contributed by atoms with Crippen molar-refractivity contribution in [3.05, 3.63) is 34.2 Å². The van der Waals surface area contributed by atoms with Crippen molar-refractivity contribution in [2.45, 2.75) is 18.3 Å². The molecule has 2 aromatic heterocycles. The minimum absolute atomic E-state index is 0.0856. The molecule has 0 aliphatic carbocycles. The van der Waals surface area contributed by atoms with Crippen LogP contribution in [0.1, 0.15) is 11.8 Å². The number of halogens is 2. The number of imidazole rings is 1. The molecule has 1 saturated heterocycles. The molecule has 1 aliphatic heterocycles. The van der Waals surface area contributed by atoms with Crippen molar-refractivity contribution in [2.24, 2.45) is 0 Å². The Morgan fingerprint density at radius 3 is 2.78 bits per heavy atom. The Bertz CT molecular complexity index is 601. The van der Waals surface area contributed by atoms with Gasteiger partial charge in [-0.3, -0.25) is 4.40 Å². The van der Waals surface area contributed by atoms with Gasteiger partial charge in [-0.05, 0) is 6.07 Å². The summed E-state index contributed by atoms with van der Waals surface area (Å²) < 4.78 is 7.08. The van der Waals surface area contributed by atoms with Gasteiger partial charge in [0.1, 0.15) is 29.1 Å². The van der Waals surface area contributed by atoms with Gasteiger partial charge in [-0.1, -0.05) is 23.2 Å². The van der Waals surface area contributed by atoms with Gasteiger partial charge < -0.3 is 14.9 Å². The molecule has 3 atom stereocenters. The molecule has 3 rings (SSSR count). The van der Waals surface area contributed by atoms with Crippen molar-refractivity contribution in [3.8, 4) is 0 Å². The molecular weight excluding hydrogens is 279 g/mol. The highest BCUT2D eigenvalue weighted by molar-refractivity contribution is 6.31. The number of hydrogen-bond acceptors (Lipinski definition) is 4. The van der Waals surface area contributed by atoms with E-state index in [1.54, 1.807) is 22.7 Å². The maximum absolute atomic E-state index is 9.88. The number of fused-ring (bicyclic) bond motifs is 1. The lowest BCUT2D eigenvalue weighted by Gasteiger charge is -2.17. The monoisotopic (exact) mass is 288 g/mol. The van der Waals surface area contributed by atoms with Gasteiger partial charge in [0.05, 0.1) is 12.3 Å². The molecule has 1 fully saturated rings. The fourth-order valence-corrected chi connectivity index (χ4v) is 2.52. The third kappa shape index (κ3) is 1.88. The van der Waals surface area contributed by atoms with Gasteiger partial charge in [0.15, 0.2) is 0 Å². The molecule has 5 nitrogen and oxygen atoms in total. The minimum atomic E-state index is -0.993. The van der Waals surface area contributed by atoms with E-state index < -0.39 is 18.3 Å². The van der Waals surface area contributed by atoms with Gasteiger partial charge in [0.2, 0.25) is 0 Å². The number of aliphatic hydroxyl groups is 2. The normalized spacial score (nSPS) is 28.1. The van der Waals surface area contributed by atoms with E-state index in [0.717, 1.165) is 0 Å². The van der Waals surface area contributed by atoms with E-state index in [9.17, 15) is 10.2 Å². The average molecular weight is 289 g/mol. The maximum atomic E-state index is 9.88. The Morgan fingerprint density at radius 2 is 2.11 bits per heavy atom. The lowest BCUT2D eigenvalue weighted by Crippen LogP contribution is -2.26. The van der Waals surface area contributed by atoms with Crippen LogP contribution in [0.15, 0.2) is 18.3 Å². The molecule has 0 amide bonds. The molecule has 0 spiro atoms. The zero-order chi connectivity index (χ0) is 12.9. The van der Waals surface area contributed by atoms with E-state index in [-0.39, 0.29) is 6.61 Å². The lowest BCUT2D eigenvalue weighted by molar-refractivity contribution is 0.0200. The van der Waals surface area contributed by atoms with E-state index in [1.807, 2.05) is 0 Å². The highest BCUT2D eigenvalue weighted by Crippen LogP contribution is 2.32. The first-order valence-corrected chi connectivity index (χ1v) is 6.13. The summed E-state index contributed by atoms with van der Waals surface area (Å²) in [6.07, 6.45) is -0.925. The molecule has 0 saturated carbocycles. The van der Waals surface area contributed by atoms with Crippen LogP contribution in [0.2, 0.25) is 10.2 Å². The third-order valence-corrected chi connectivity index (χ3v) is 3.38. The summed E-state index contributed by atoms with van der Waals surface area (Å²) in [6, 6.07) is 3.33. The standard InChI is InChI=1S/C11H10Cl2N2O3/c12-5-1-6(11-10(17)7(16)4-18-11)15-3-8(13)14-9(15)2-5/h1-3,7,10-11,16-17H,4H2/t7-,10-,11?/m1/s1. The fraction of sp³-hybridized carbons (Fsp3) is 0.364. The largest absolute Gasteiger partial charge is 0.388 e.